The molecule has 0 saturated heterocycles. The first-order chi connectivity index (χ1) is 49.0. The van der Waals surface area contributed by atoms with Gasteiger partial charge in [-0.15, -0.1) is 0 Å². The van der Waals surface area contributed by atoms with Crippen LogP contribution in [0.3, 0.4) is 0 Å². The zero-order valence-corrected chi connectivity index (χ0v) is 76.3. The van der Waals surface area contributed by atoms with Crippen LogP contribution < -0.4 is 0 Å². The van der Waals surface area contributed by atoms with Crippen molar-refractivity contribution in [2.75, 3.05) is 0 Å². The van der Waals surface area contributed by atoms with E-state index < -0.39 is 0 Å². The van der Waals surface area contributed by atoms with Crippen LogP contribution in [-0.2, 0) is 0 Å². The van der Waals surface area contributed by atoms with E-state index in [1.807, 2.05) is 0 Å². The van der Waals surface area contributed by atoms with Crippen molar-refractivity contribution in [3.63, 3.8) is 0 Å². The van der Waals surface area contributed by atoms with Crippen LogP contribution in [0.4, 0.5) is 0 Å². The van der Waals surface area contributed by atoms with E-state index in [0.29, 0.717) is 43.3 Å². The van der Waals surface area contributed by atoms with E-state index in [1.165, 1.54) is 250 Å². The fourth-order valence-corrected chi connectivity index (χ4v) is 30.9. The summed E-state index contributed by atoms with van der Waals surface area (Å²) in [6.45, 7) is 58.7. The van der Waals surface area contributed by atoms with Crippen LogP contribution >= 0.6 is 0 Å². The lowest BCUT2D eigenvalue weighted by molar-refractivity contribution is -0.113. The lowest BCUT2D eigenvalue weighted by Crippen LogP contribution is -2.51. The second-order valence-corrected chi connectivity index (χ2v) is 51.9. The molecule has 20 saturated carbocycles. The fourth-order valence-electron chi connectivity index (χ4n) is 30.9. The third-order valence-electron chi connectivity index (χ3n) is 36.4. The zero-order chi connectivity index (χ0) is 76.3. The predicted octanol–water partition coefficient (Wildman–Crippen LogP) is 34.0. The highest BCUT2D eigenvalue weighted by Crippen LogP contribution is 2.66. The van der Waals surface area contributed by atoms with E-state index in [2.05, 4.69) is 166 Å². The molecular weight excluding hydrogens is 1260 g/mol. The molecule has 0 spiro atoms. The van der Waals surface area contributed by atoms with Gasteiger partial charge in [0, 0.05) is 0 Å². The van der Waals surface area contributed by atoms with Crippen LogP contribution in [0, 0.1) is 191 Å². The summed E-state index contributed by atoms with van der Waals surface area (Å²) in [6, 6.07) is 0. The Morgan fingerprint density at radius 2 is 0.438 bits per heavy atom. The molecule has 20 rings (SSSR count). The summed E-state index contributed by atoms with van der Waals surface area (Å²) < 4.78 is 0. The molecule has 0 heterocycles. The van der Waals surface area contributed by atoms with Crippen molar-refractivity contribution in [3.8, 4) is 0 Å². The highest BCUT2D eigenvalue weighted by molar-refractivity contribution is 5.06. The molecule has 612 valence electrons. The van der Waals surface area contributed by atoms with Crippen molar-refractivity contribution in [2.45, 2.75) is 474 Å². The Balaban J connectivity index is 0.000000129. The van der Waals surface area contributed by atoms with Gasteiger partial charge in [-0.25, -0.2) is 0 Å². The van der Waals surface area contributed by atoms with Gasteiger partial charge in [0.05, 0.1) is 0 Å². The molecule has 20 fully saturated rings. The summed E-state index contributed by atoms with van der Waals surface area (Å²) >= 11 is 0. The number of hydrogen-bond donors (Lipinski definition) is 0. The summed E-state index contributed by atoms with van der Waals surface area (Å²) in [6.07, 6.45) is 73.6. The maximum absolute atomic E-state index is 2.49. The lowest BCUT2D eigenvalue weighted by Gasteiger charge is -2.62. The third kappa shape index (κ3) is 24.3. The average molecular weight is 1450 g/mol. The molecule has 13 unspecified atom stereocenters. The molecule has 0 aromatic rings. The van der Waals surface area contributed by atoms with Gasteiger partial charge in [0.25, 0.3) is 0 Å². The van der Waals surface area contributed by atoms with Gasteiger partial charge in [0.15, 0.2) is 0 Å². The predicted molar refractivity (Wildman–Crippen MR) is 463 cm³/mol. The first-order valence-corrected chi connectivity index (χ1v) is 49.0. The standard InChI is InChI=1S/C15H28.C14H24.2C14H26.C13H24.2C12H22.C11H20/c1-15(2,3)14-12-8-4-5-9-13(14)11-7-6-10-12;1-13(2,3)14-7-10-4-11(8-14)6-12(5-10)9-14;1-14(2,3)13-10-8-11-5-4-6-12(13)9-7-11;1-14(2,3)13-9-11-6-4-5-7-12(8-11)10-13;1-13(2,3)12-9-6-10-4-7-11(12)8-5-10;1-12(2,3)11-7-5-9-4-6-10(11)8-9;1-12(2,3)11-8-9-4-6-10(11)7-5-9;1-11(2,3)10-7-8-4-5-9(10)6-8/h12-14H,4-11H2,1-3H3;10-12H,4-9H2,1-3H3;2*11-13H,4-10H2,1-3H3;10-12H,4-9H2,1-3H3;2*9-11H,4-8H2,1-3H3;8-10H,4-7H2,1-3H3. The molecule has 18 bridgehead atoms. The minimum absolute atomic E-state index is 0.546. The summed E-state index contributed by atoms with van der Waals surface area (Å²) in [5, 5.41) is 0. The Morgan fingerprint density at radius 3 is 0.800 bits per heavy atom. The third-order valence-corrected chi connectivity index (χ3v) is 36.4. The van der Waals surface area contributed by atoms with Gasteiger partial charge in [-0.05, 0) is 338 Å². The van der Waals surface area contributed by atoms with Crippen molar-refractivity contribution >= 4 is 0 Å². The number of hydrogen-bond acceptors (Lipinski definition) is 0. The summed E-state index contributed by atoms with van der Waals surface area (Å²) in [4.78, 5) is 0. The molecule has 0 nitrogen and oxygen atoms in total. The van der Waals surface area contributed by atoms with Crippen LogP contribution in [0.5, 0.6) is 0 Å². The van der Waals surface area contributed by atoms with Crippen LogP contribution in [0.15, 0.2) is 0 Å². The highest BCUT2D eigenvalue weighted by Gasteiger charge is 2.56. The molecular formula is C105H192. The van der Waals surface area contributed by atoms with Crippen molar-refractivity contribution in [2.24, 2.45) is 191 Å². The normalized spacial score (nSPS) is 41.8. The van der Waals surface area contributed by atoms with E-state index >= 15 is 0 Å². The molecule has 0 heteroatoms. The molecule has 0 aliphatic heterocycles. The number of rotatable bonds is 0. The monoisotopic (exact) mass is 1450 g/mol. The van der Waals surface area contributed by atoms with E-state index in [9.17, 15) is 0 Å². The first-order valence-electron chi connectivity index (χ1n) is 49.0. The molecule has 13 atom stereocenters. The zero-order valence-electron chi connectivity index (χ0n) is 76.3. The van der Waals surface area contributed by atoms with Gasteiger partial charge in [0.1, 0.15) is 0 Å². The quantitative estimate of drug-likeness (QED) is 0.227. The van der Waals surface area contributed by atoms with Crippen LogP contribution in [0.1, 0.15) is 474 Å². The molecule has 0 amide bonds. The Bertz CT molecular complexity index is 2400. The number of fused-ring (bicyclic) bond motifs is 18. The van der Waals surface area contributed by atoms with Gasteiger partial charge in [-0.3, -0.25) is 0 Å². The van der Waals surface area contributed by atoms with Crippen LogP contribution in [-0.4, -0.2) is 0 Å². The largest absolute Gasteiger partial charge is 0.0599 e. The molecule has 20 aliphatic carbocycles. The summed E-state index contributed by atoms with van der Waals surface area (Å²) in [5.41, 5.74) is 5.24. The van der Waals surface area contributed by atoms with Crippen molar-refractivity contribution in [3.05, 3.63) is 0 Å². The second-order valence-electron chi connectivity index (χ2n) is 51.9. The van der Waals surface area contributed by atoms with Crippen molar-refractivity contribution in [1.29, 1.82) is 0 Å². The molecule has 0 N–H and O–H groups in total. The summed E-state index contributed by atoms with van der Waals surface area (Å²) in [7, 11) is 0. The fraction of sp³-hybridized carbons (Fsp3) is 1.00. The summed E-state index contributed by atoms with van der Waals surface area (Å²) in [5.74, 6) is 25.7. The van der Waals surface area contributed by atoms with E-state index in [4.69, 9.17) is 0 Å². The SMILES string of the molecule is CC(C)(C)C12CC3CC(CC(C3)C1)C2.CC(C)(C)C1C2CCCCC1CCCC2.CC(C)(C)C1CC2CCC1C2.CC(C)(C)C1CC2CCC1CC2.CC(C)(C)C1CC2CCCCC(C2)C1.CC(C)(C)C1CCC2CCC1C2.CC(C)(C)C1CCC2CCC1CC2.CC(C)(C)C1CCC2CCCC1CC2. The Kier molecular flexibility index (Phi) is 30.3. The Hall–Kier alpha value is 0. The van der Waals surface area contributed by atoms with E-state index in [0.717, 1.165) is 147 Å². The molecule has 0 aromatic carbocycles. The van der Waals surface area contributed by atoms with Gasteiger partial charge in [0.2, 0.25) is 0 Å². The molecule has 20 aliphatic rings. The molecule has 0 radical (unpaired) electrons. The highest BCUT2D eigenvalue weighted by atomic mass is 14.6. The average Bonchev–Trinajstić information content (AvgIpc) is 1.60. The maximum atomic E-state index is 2.49. The Morgan fingerprint density at radius 1 is 0.171 bits per heavy atom. The van der Waals surface area contributed by atoms with Gasteiger partial charge in [-0.1, -0.05) is 327 Å². The van der Waals surface area contributed by atoms with E-state index in [-0.39, 0.29) is 0 Å². The van der Waals surface area contributed by atoms with Gasteiger partial charge < -0.3 is 0 Å². The Labute approximate surface area is 661 Å². The molecule has 105 heavy (non-hydrogen) atoms. The van der Waals surface area contributed by atoms with Gasteiger partial charge >= 0.3 is 0 Å². The first kappa shape index (κ1) is 87.4. The minimum atomic E-state index is 0.546. The minimum Gasteiger partial charge on any atom is -0.0599 e. The smallest absolute Gasteiger partial charge is 0.0241 e. The lowest BCUT2D eigenvalue weighted by atomic mass is 9.43. The van der Waals surface area contributed by atoms with Crippen molar-refractivity contribution in [1.82, 2.24) is 0 Å². The topological polar surface area (TPSA) is 0 Å². The molecule has 0 aromatic heterocycles. The second kappa shape index (κ2) is 36.4. The van der Waals surface area contributed by atoms with Gasteiger partial charge in [-0.2, -0.15) is 0 Å². The van der Waals surface area contributed by atoms with Crippen molar-refractivity contribution < 1.29 is 0 Å². The maximum Gasteiger partial charge on any atom is -0.0241 e. The van der Waals surface area contributed by atoms with Crippen LogP contribution in [0.25, 0.3) is 0 Å². The van der Waals surface area contributed by atoms with E-state index in [1.54, 1.807) is 57.8 Å². The van der Waals surface area contributed by atoms with Crippen LogP contribution in [0.2, 0.25) is 0 Å².